The highest BCUT2D eigenvalue weighted by Gasteiger charge is 2.25. The fourth-order valence-electron chi connectivity index (χ4n) is 3.54. The third-order valence-corrected chi connectivity index (χ3v) is 5.25. The van der Waals surface area contributed by atoms with Gasteiger partial charge in [0, 0.05) is 40.8 Å². The average molecular weight is 465 g/mol. The Morgan fingerprint density at radius 1 is 1.15 bits per heavy atom. The number of carbonyl (C=O) groups excluding carboxylic acids is 3. The van der Waals surface area contributed by atoms with Crippen LogP contribution < -0.4 is 5.32 Å². The van der Waals surface area contributed by atoms with Crippen LogP contribution in [0, 0.1) is 0 Å². The number of fused-ring (bicyclic) bond motifs is 1. The van der Waals surface area contributed by atoms with Crippen LogP contribution >= 0.6 is 11.6 Å². The smallest absolute Gasteiger partial charge is 0.333 e. The first-order valence-electron chi connectivity index (χ1n) is 9.82. The lowest BCUT2D eigenvalue weighted by molar-refractivity contribution is -0.135. The highest BCUT2D eigenvalue weighted by Crippen LogP contribution is 2.28. The fourth-order valence-corrected chi connectivity index (χ4v) is 3.67. The van der Waals surface area contributed by atoms with Gasteiger partial charge in [-0.2, -0.15) is 0 Å². The predicted molar refractivity (Wildman–Crippen MR) is 121 cm³/mol. The minimum absolute atomic E-state index is 0.105. The Labute approximate surface area is 192 Å². The molecule has 0 fully saturated rings. The van der Waals surface area contributed by atoms with E-state index in [9.17, 15) is 19.2 Å². The number of nitrogens with one attached hydrogen (secondary N) is 1. The Morgan fingerprint density at radius 3 is 2.58 bits per heavy atom. The Morgan fingerprint density at radius 2 is 1.91 bits per heavy atom. The van der Waals surface area contributed by atoms with E-state index in [0.717, 1.165) is 17.7 Å². The van der Waals surface area contributed by atoms with Gasteiger partial charge in [0.1, 0.15) is 6.61 Å². The summed E-state index contributed by atoms with van der Waals surface area (Å²) in [5, 5.41) is 12.5. The number of carbonyl (C=O) groups is 4. The molecule has 3 aromatic rings. The number of halogens is 1. The molecule has 1 aliphatic heterocycles. The van der Waals surface area contributed by atoms with E-state index in [2.05, 4.69) is 5.32 Å². The molecule has 0 radical (unpaired) electrons. The topological polar surface area (TPSA) is 115 Å². The van der Waals surface area contributed by atoms with Gasteiger partial charge in [0.2, 0.25) is 0 Å². The van der Waals surface area contributed by atoms with Crippen molar-refractivity contribution in [2.24, 2.45) is 0 Å². The molecule has 2 N–H and O–H groups in total. The SMILES string of the molecule is O=C(O)C=Cc1cccc2c1c(C(=O)C(=O)NC1=CC(=O)OC1)cn2Cc1ccc(Cl)cc1. The first-order valence-corrected chi connectivity index (χ1v) is 10.2. The molecule has 33 heavy (non-hydrogen) atoms. The molecular formula is C24H17ClN2O6. The first-order chi connectivity index (χ1) is 15.8. The van der Waals surface area contributed by atoms with Crippen LogP contribution in [-0.4, -0.2) is 39.9 Å². The molecule has 0 atom stereocenters. The van der Waals surface area contributed by atoms with Crippen LogP contribution in [0.5, 0.6) is 0 Å². The highest BCUT2D eigenvalue weighted by molar-refractivity contribution is 6.45. The molecule has 2 heterocycles. The van der Waals surface area contributed by atoms with Gasteiger partial charge >= 0.3 is 11.9 Å². The number of carboxylic acids is 1. The van der Waals surface area contributed by atoms with Crippen molar-refractivity contribution in [2.75, 3.05) is 6.61 Å². The molecule has 0 unspecified atom stereocenters. The van der Waals surface area contributed by atoms with Crippen molar-refractivity contribution in [2.45, 2.75) is 6.54 Å². The number of aromatic nitrogens is 1. The lowest BCUT2D eigenvalue weighted by atomic mass is 10.0. The number of nitrogens with zero attached hydrogens (tertiary/aromatic N) is 1. The molecule has 0 saturated carbocycles. The Bertz CT molecular complexity index is 1350. The van der Waals surface area contributed by atoms with Gasteiger partial charge in [0.05, 0.1) is 11.3 Å². The van der Waals surface area contributed by atoms with Gasteiger partial charge in [0.25, 0.3) is 11.7 Å². The number of cyclic esters (lactones) is 1. The number of rotatable bonds is 7. The van der Waals surface area contributed by atoms with E-state index >= 15 is 0 Å². The van der Waals surface area contributed by atoms with Crippen molar-refractivity contribution in [1.82, 2.24) is 9.88 Å². The second-order valence-corrected chi connectivity index (χ2v) is 7.71. The second kappa shape index (κ2) is 9.13. The molecule has 2 aromatic carbocycles. The van der Waals surface area contributed by atoms with Crippen molar-refractivity contribution < 1.29 is 29.0 Å². The second-order valence-electron chi connectivity index (χ2n) is 7.27. The van der Waals surface area contributed by atoms with Crippen molar-refractivity contribution in [3.8, 4) is 0 Å². The summed E-state index contributed by atoms with van der Waals surface area (Å²) in [6.45, 7) is 0.269. The van der Waals surface area contributed by atoms with E-state index in [0.29, 0.717) is 28.0 Å². The lowest BCUT2D eigenvalue weighted by Crippen LogP contribution is -2.31. The molecule has 0 spiro atoms. The number of hydrogen-bond acceptors (Lipinski definition) is 5. The summed E-state index contributed by atoms with van der Waals surface area (Å²) in [5.74, 6) is -3.50. The molecule has 0 aliphatic carbocycles. The zero-order valence-corrected chi connectivity index (χ0v) is 17.8. The molecule has 9 heteroatoms. The number of esters is 1. The van der Waals surface area contributed by atoms with Crippen molar-refractivity contribution in [3.05, 3.63) is 88.2 Å². The zero-order valence-electron chi connectivity index (χ0n) is 17.1. The van der Waals surface area contributed by atoms with E-state index in [1.807, 2.05) is 12.1 Å². The molecule has 166 valence electrons. The van der Waals surface area contributed by atoms with E-state index < -0.39 is 23.6 Å². The monoisotopic (exact) mass is 464 g/mol. The molecule has 1 aromatic heterocycles. The molecule has 0 saturated heterocycles. The number of Topliss-reactive ketones (excluding diaryl/α,β-unsaturated/α-hetero) is 1. The van der Waals surface area contributed by atoms with Crippen LogP contribution in [0.25, 0.3) is 17.0 Å². The maximum absolute atomic E-state index is 13.1. The number of carboxylic acid groups (broad SMARTS) is 1. The highest BCUT2D eigenvalue weighted by atomic mass is 35.5. The zero-order chi connectivity index (χ0) is 23.5. The predicted octanol–water partition coefficient (Wildman–Crippen LogP) is 3.18. The molecule has 1 amide bonds. The summed E-state index contributed by atoms with van der Waals surface area (Å²) >= 11 is 5.96. The standard InChI is InChI=1S/C24H17ClN2O6/c25-16-7-4-14(5-8-16)11-27-12-18(23(31)24(32)26-17-10-21(30)33-13-17)22-15(6-9-20(28)29)2-1-3-19(22)27/h1-10,12H,11,13H2,(H,26,32)(H,28,29). The molecule has 1 aliphatic rings. The Balaban J connectivity index is 1.77. The molecule has 0 bridgehead atoms. The van der Waals surface area contributed by atoms with Crippen LogP contribution in [0.2, 0.25) is 5.02 Å². The first kappa shape index (κ1) is 22.0. The minimum atomic E-state index is -1.14. The maximum Gasteiger partial charge on any atom is 0.333 e. The molecular weight excluding hydrogens is 448 g/mol. The van der Waals surface area contributed by atoms with Gasteiger partial charge < -0.3 is 19.7 Å². The summed E-state index contributed by atoms with van der Waals surface area (Å²) in [7, 11) is 0. The van der Waals surface area contributed by atoms with E-state index in [1.54, 1.807) is 41.1 Å². The normalized spacial score (nSPS) is 13.2. The number of ketones is 1. The molecule has 4 rings (SSSR count). The van der Waals surface area contributed by atoms with E-state index in [1.165, 1.54) is 6.08 Å². The average Bonchev–Trinajstić information content (AvgIpc) is 3.36. The quantitative estimate of drug-likeness (QED) is 0.240. The number of benzene rings is 2. The summed E-state index contributed by atoms with van der Waals surface area (Å²) in [6.07, 6.45) is 5.00. The number of ether oxygens (including phenoxy) is 1. The Hall–Kier alpha value is -4.17. The summed E-state index contributed by atoms with van der Waals surface area (Å²) in [4.78, 5) is 48.0. The number of hydrogen-bond donors (Lipinski definition) is 2. The third kappa shape index (κ3) is 4.86. The lowest BCUT2D eigenvalue weighted by Gasteiger charge is -2.06. The van der Waals surface area contributed by atoms with Crippen LogP contribution in [0.3, 0.4) is 0 Å². The largest absolute Gasteiger partial charge is 0.478 e. The van der Waals surface area contributed by atoms with Crippen LogP contribution in [-0.2, 0) is 25.7 Å². The maximum atomic E-state index is 13.1. The van der Waals surface area contributed by atoms with Crippen LogP contribution in [0.15, 0.2) is 66.5 Å². The van der Waals surface area contributed by atoms with Gasteiger partial charge in [-0.05, 0) is 35.4 Å². The van der Waals surface area contributed by atoms with Gasteiger partial charge in [-0.1, -0.05) is 35.9 Å². The van der Waals surface area contributed by atoms with Crippen molar-refractivity contribution in [3.63, 3.8) is 0 Å². The third-order valence-electron chi connectivity index (χ3n) is 5.00. The fraction of sp³-hybridized carbons (Fsp3) is 0.0833. The van der Waals surface area contributed by atoms with E-state index in [-0.39, 0.29) is 17.9 Å². The van der Waals surface area contributed by atoms with Gasteiger partial charge in [-0.3, -0.25) is 9.59 Å². The summed E-state index contributed by atoms with van der Waals surface area (Å²) < 4.78 is 6.54. The summed E-state index contributed by atoms with van der Waals surface area (Å²) in [6, 6.07) is 12.4. The van der Waals surface area contributed by atoms with Gasteiger partial charge in [-0.15, -0.1) is 0 Å². The van der Waals surface area contributed by atoms with Gasteiger partial charge in [0.15, 0.2) is 0 Å². The number of aliphatic carboxylic acids is 1. The molecule has 8 nitrogen and oxygen atoms in total. The van der Waals surface area contributed by atoms with Gasteiger partial charge in [-0.25, -0.2) is 9.59 Å². The summed E-state index contributed by atoms with van der Waals surface area (Å²) in [5.41, 5.74) is 2.33. The van der Waals surface area contributed by atoms with Crippen LogP contribution in [0.1, 0.15) is 21.5 Å². The Kier molecular flexibility index (Phi) is 6.10. The van der Waals surface area contributed by atoms with E-state index in [4.69, 9.17) is 21.4 Å². The van der Waals surface area contributed by atoms with Crippen molar-refractivity contribution in [1.29, 1.82) is 0 Å². The van der Waals surface area contributed by atoms with Crippen LogP contribution in [0.4, 0.5) is 0 Å². The van der Waals surface area contributed by atoms with Crippen molar-refractivity contribution >= 4 is 52.2 Å². The minimum Gasteiger partial charge on any atom is -0.478 e. The number of amides is 1.